The Morgan fingerprint density at radius 1 is 1.33 bits per heavy atom. The van der Waals surface area contributed by atoms with Gasteiger partial charge < -0.3 is 4.74 Å². The number of hydrogen-bond donors (Lipinski definition) is 3. The molecule has 1 atom stereocenters. The van der Waals surface area contributed by atoms with E-state index in [1.54, 1.807) is 35.1 Å². The summed E-state index contributed by atoms with van der Waals surface area (Å²) in [5, 5.41) is 6.29. The molecule has 0 radical (unpaired) electrons. The van der Waals surface area contributed by atoms with Gasteiger partial charge in [-0.05, 0) is 5.56 Å². The average Bonchev–Trinajstić information content (AvgIpc) is 2.99. The summed E-state index contributed by atoms with van der Waals surface area (Å²) in [5.74, 6) is 0.288. The van der Waals surface area contributed by atoms with Gasteiger partial charge >= 0.3 is 16.3 Å². The van der Waals surface area contributed by atoms with Crippen molar-refractivity contribution in [2.75, 3.05) is 7.11 Å². The van der Waals surface area contributed by atoms with Crippen molar-refractivity contribution < 1.29 is 17.9 Å². The van der Waals surface area contributed by atoms with E-state index in [9.17, 15) is 13.2 Å². The summed E-state index contributed by atoms with van der Waals surface area (Å²) in [4.78, 5) is 15.0. The number of methoxy groups -OCH3 is 1. The van der Waals surface area contributed by atoms with Gasteiger partial charge in [-0.15, -0.1) is 0 Å². The summed E-state index contributed by atoms with van der Waals surface area (Å²) in [6.07, 6.45) is 0.166. The normalized spacial score (nSPS) is 12.6. The largest absolute Gasteiger partial charge is 0.452 e. The Bertz CT molecular complexity index is 687. The van der Waals surface area contributed by atoms with Gasteiger partial charge in [0.05, 0.1) is 7.11 Å². The molecule has 112 valence electrons. The summed E-state index contributed by atoms with van der Waals surface area (Å²) in [7, 11) is -3.06. The van der Waals surface area contributed by atoms with E-state index in [0.717, 1.165) is 7.11 Å². The van der Waals surface area contributed by atoms with Gasteiger partial charge in [0, 0.05) is 0 Å². The Labute approximate surface area is 120 Å². The molecule has 1 aromatic heterocycles. The molecule has 0 aliphatic carbocycles. The third-order valence-electron chi connectivity index (χ3n) is 2.52. The molecule has 1 unspecified atom stereocenters. The Balaban J connectivity index is 2.28. The van der Waals surface area contributed by atoms with E-state index in [-0.39, 0.29) is 5.82 Å². The highest BCUT2D eigenvalue weighted by Gasteiger charge is 2.24. The van der Waals surface area contributed by atoms with Gasteiger partial charge in [-0.1, -0.05) is 30.3 Å². The number of benzene rings is 1. The van der Waals surface area contributed by atoms with Crippen molar-refractivity contribution in [3.8, 4) is 0 Å². The molecule has 9 nitrogen and oxygen atoms in total. The van der Waals surface area contributed by atoms with Crippen LogP contribution in [0.3, 0.4) is 0 Å². The molecule has 2 aromatic rings. The van der Waals surface area contributed by atoms with Crippen LogP contribution < -0.4 is 9.44 Å². The smallest absolute Gasteiger partial charge is 0.421 e. The first-order chi connectivity index (χ1) is 10.0. The van der Waals surface area contributed by atoms with Crippen LogP contribution in [-0.4, -0.2) is 36.8 Å². The molecule has 21 heavy (non-hydrogen) atoms. The fourth-order valence-corrected chi connectivity index (χ4v) is 2.54. The van der Waals surface area contributed by atoms with Gasteiger partial charge in [0.1, 0.15) is 18.2 Å². The number of hydrogen-bond acceptors (Lipinski definition) is 6. The van der Waals surface area contributed by atoms with Gasteiger partial charge in [0.25, 0.3) is 0 Å². The molecule has 0 aliphatic heterocycles. The second-order valence-electron chi connectivity index (χ2n) is 3.93. The maximum absolute atomic E-state index is 11.9. The number of carbonyl (C=O) groups is 1. The summed E-state index contributed by atoms with van der Waals surface area (Å²) in [6, 6.07) is 7.90. The zero-order chi connectivity index (χ0) is 15.3. The molecular formula is C11H13N5O4S. The molecule has 0 spiro atoms. The topological polar surface area (TPSA) is 126 Å². The number of ether oxygens (including phenoxy) is 1. The first-order valence-corrected chi connectivity index (χ1v) is 7.28. The zero-order valence-corrected chi connectivity index (χ0v) is 11.8. The highest BCUT2D eigenvalue weighted by Crippen LogP contribution is 2.18. The Hall–Kier alpha value is -2.46. The number of nitrogens with one attached hydrogen (secondary N) is 3. The molecular weight excluding hydrogens is 298 g/mol. The Kier molecular flexibility index (Phi) is 4.50. The lowest BCUT2D eigenvalue weighted by molar-refractivity contribution is 0.177. The van der Waals surface area contributed by atoms with Crippen molar-refractivity contribution in [2.24, 2.45) is 0 Å². The fourth-order valence-electron chi connectivity index (χ4n) is 1.62. The van der Waals surface area contributed by atoms with Crippen LogP contribution >= 0.6 is 0 Å². The Morgan fingerprint density at radius 2 is 2.05 bits per heavy atom. The van der Waals surface area contributed by atoms with Gasteiger partial charge in [0.15, 0.2) is 0 Å². The highest BCUT2D eigenvalue weighted by molar-refractivity contribution is 7.88. The summed E-state index contributed by atoms with van der Waals surface area (Å²) < 4.78 is 32.1. The van der Waals surface area contributed by atoms with E-state index in [4.69, 9.17) is 0 Å². The predicted octanol–water partition coefficient (Wildman–Crippen LogP) is 0.0845. The predicted molar refractivity (Wildman–Crippen MR) is 72.3 cm³/mol. The minimum atomic E-state index is -4.13. The van der Waals surface area contributed by atoms with Crippen molar-refractivity contribution in [1.29, 1.82) is 0 Å². The number of rotatable bonds is 5. The molecule has 1 heterocycles. The first-order valence-electron chi connectivity index (χ1n) is 5.80. The third-order valence-corrected chi connectivity index (χ3v) is 3.50. The van der Waals surface area contributed by atoms with E-state index >= 15 is 0 Å². The van der Waals surface area contributed by atoms with Crippen LogP contribution in [-0.2, 0) is 14.9 Å². The van der Waals surface area contributed by atoms with Gasteiger partial charge in [-0.25, -0.2) is 14.5 Å². The van der Waals surface area contributed by atoms with Crippen LogP contribution in [0.15, 0.2) is 36.7 Å². The van der Waals surface area contributed by atoms with Crippen molar-refractivity contribution in [1.82, 2.24) is 24.6 Å². The van der Waals surface area contributed by atoms with Crippen molar-refractivity contribution in [3.05, 3.63) is 48.0 Å². The van der Waals surface area contributed by atoms with Crippen LogP contribution in [0, 0.1) is 0 Å². The molecule has 0 bridgehead atoms. The number of amides is 1. The number of H-pyrrole nitrogens is 1. The molecule has 1 aromatic carbocycles. The first kappa shape index (κ1) is 14.9. The second-order valence-corrected chi connectivity index (χ2v) is 5.38. The van der Waals surface area contributed by atoms with Gasteiger partial charge in [-0.2, -0.15) is 18.2 Å². The minimum absolute atomic E-state index is 0.288. The van der Waals surface area contributed by atoms with Gasteiger partial charge in [-0.3, -0.25) is 5.10 Å². The quantitative estimate of drug-likeness (QED) is 0.718. The molecule has 3 N–H and O–H groups in total. The number of aromatic amines is 1. The molecule has 2 rings (SSSR count). The third kappa shape index (κ3) is 4.00. The molecule has 0 fully saturated rings. The summed E-state index contributed by atoms with van der Waals surface area (Å²) in [6.45, 7) is 0. The van der Waals surface area contributed by atoms with Crippen LogP contribution in [0.2, 0.25) is 0 Å². The monoisotopic (exact) mass is 311 g/mol. The van der Waals surface area contributed by atoms with Crippen LogP contribution in [0.1, 0.15) is 17.4 Å². The number of aromatic nitrogens is 3. The number of carbonyl (C=O) groups excluding carboxylic acids is 1. The lowest BCUT2D eigenvalue weighted by atomic mass is 10.1. The van der Waals surface area contributed by atoms with Crippen molar-refractivity contribution in [2.45, 2.75) is 6.04 Å². The lowest BCUT2D eigenvalue weighted by Gasteiger charge is -2.16. The van der Waals surface area contributed by atoms with E-state index in [2.05, 4.69) is 24.6 Å². The SMILES string of the molecule is COC(=O)NS(=O)(=O)NC(c1ccccc1)c1ncn[nH]1. The average molecular weight is 311 g/mol. The molecule has 0 aliphatic rings. The molecule has 0 saturated carbocycles. The van der Waals surface area contributed by atoms with Crippen LogP contribution in [0.5, 0.6) is 0 Å². The molecule has 1 amide bonds. The maximum Gasteiger partial charge on any atom is 0.421 e. The minimum Gasteiger partial charge on any atom is -0.452 e. The lowest BCUT2D eigenvalue weighted by Crippen LogP contribution is -2.42. The fraction of sp³-hybridized carbons (Fsp3) is 0.182. The van der Waals surface area contributed by atoms with E-state index in [1.807, 2.05) is 0 Å². The van der Waals surface area contributed by atoms with Crippen molar-refractivity contribution in [3.63, 3.8) is 0 Å². The van der Waals surface area contributed by atoms with Crippen molar-refractivity contribution >= 4 is 16.3 Å². The maximum atomic E-state index is 11.9. The molecule has 10 heteroatoms. The van der Waals surface area contributed by atoms with Gasteiger partial charge in [0.2, 0.25) is 0 Å². The second kappa shape index (κ2) is 6.33. The van der Waals surface area contributed by atoms with Crippen LogP contribution in [0.25, 0.3) is 0 Å². The molecule has 0 saturated heterocycles. The van der Waals surface area contributed by atoms with E-state index in [1.165, 1.54) is 6.33 Å². The number of nitrogens with zero attached hydrogens (tertiary/aromatic N) is 2. The summed E-state index contributed by atoms with van der Waals surface area (Å²) >= 11 is 0. The Morgan fingerprint density at radius 3 is 2.62 bits per heavy atom. The van der Waals surface area contributed by atoms with E-state index in [0.29, 0.717) is 5.56 Å². The standard InChI is InChI=1S/C11H13N5O4S/c1-20-11(17)16-21(18,19)15-9(10-12-7-13-14-10)8-5-3-2-4-6-8/h2-7,9,15H,1H3,(H,16,17)(H,12,13,14). The zero-order valence-electron chi connectivity index (χ0n) is 11.0. The summed E-state index contributed by atoms with van der Waals surface area (Å²) in [5.41, 5.74) is 0.629. The van der Waals surface area contributed by atoms with E-state index < -0.39 is 22.3 Å². The highest BCUT2D eigenvalue weighted by atomic mass is 32.2. The van der Waals surface area contributed by atoms with Crippen LogP contribution in [0.4, 0.5) is 4.79 Å².